The summed E-state index contributed by atoms with van der Waals surface area (Å²) in [5.74, 6) is -0.294. The zero-order chi connectivity index (χ0) is 16.0. The molecular formula is C18H29NO3. The molecule has 0 radical (unpaired) electrons. The van der Waals surface area contributed by atoms with E-state index in [0.29, 0.717) is 12.4 Å². The molecule has 0 aliphatic carbocycles. The van der Waals surface area contributed by atoms with E-state index in [1.807, 2.05) is 0 Å². The molecule has 0 aliphatic rings. The molecule has 0 atom stereocenters. The third-order valence-electron chi connectivity index (χ3n) is 3.55. The van der Waals surface area contributed by atoms with Crippen LogP contribution >= 0.6 is 0 Å². The second-order valence-electron chi connectivity index (χ2n) is 5.55. The smallest absolute Gasteiger partial charge is 0.335 e. The molecule has 1 aromatic rings. The molecule has 0 aliphatic heterocycles. The molecule has 4 heteroatoms. The maximum Gasteiger partial charge on any atom is 0.335 e. The average molecular weight is 307 g/mol. The fourth-order valence-electron chi connectivity index (χ4n) is 2.24. The van der Waals surface area contributed by atoms with Crippen LogP contribution in [-0.4, -0.2) is 30.8 Å². The van der Waals surface area contributed by atoms with E-state index in [1.165, 1.54) is 32.1 Å². The summed E-state index contributed by atoms with van der Waals surface area (Å²) in [4.78, 5) is 10.8. The zero-order valence-electron chi connectivity index (χ0n) is 13.6. The summed E-state index contributed by atoms with van der Waals surface area (Å²) < 4.78 is 5.58. The predicted octanol–water partition coefficient (Wildman–Crippen LogP) is 4.10. The van der Waals surface area contributed by atoms with Crippen LogP contribution in [0.3, 0.4) is 0 Å². The quantitative estimate of drug-likeness (QED) is 0.539. The zero-order valence-corrected chi connectivity index (χ0v) is 13.6. The van der Waals surface area contributed by atoms with Gasteiger partial charge in [0.25, 0.3) is 0 Å². The fraction of sp³-hybridized carbons (Fsp3) is 0.611. The fourth-order valence-corrected chi connectivity index (χ4v) is 2.24. The molecule has 4 nitrogen and oxygen atoms in total. The van der Waals surface area contributed by atoms with E-state index < -0.39 is 5.97 Å². The SMILES string of the molecule is CCCCCCCNCCCCOc1cccc(C(=O)O)c1. The minimum atomic E-state index is -0.923. The molecule has 0 saturated carbocycles. The van der Waals surface area contributed by atoms with Crippen molar-refractivity contribution in [2.24, 2.45) is 0 Å². The van der Waals surface area contributed by atoms with Crippen LogP contribution in [0.25, 0.3) is 0 Å². The predicted molar refractivity (Wildman–Crippen MR) is 89.8 cm³/mol. The van der Waals surface area contributed by atoms with Gasteiger partial charge in [-0.3, -0.25) is 0 Å². The summed E-state index contributed by atoms with van der Waals surface area (Å²) in [7, 11) is 0. The third-order valence-corrected chi connectivity index (χ3v) is 3.55. The summed E-state index contributed by atoms with van der Waals surface area (Å²) in [6, 6.07) is 6.64. The highest BCUT2D eigenvalue weighted by Gasteiger charge is 2.03. The average Bonchev–Trinajstić information content (AvgIpc) is 2.53. The van der Waals surface area contributed by atoms with Gasteiger partial charge in [0.15, 0.2) is 0 Å². The van der Waals surface area contributed by atoms with Crippen LogP contribution in [0.15, 0.2) is 24.3 Å². The highest BCUT2D eigenvalue weighted by atomic mass is 16.5. The van der Waals surface area contributed by atoms with E-state index >= 15 is 0 Å². The van der Waals surface area contributed by atoms with E-state index in [9.17, 15) is 4.79 Å². The van der Waals surface area contributed by atoms with Gasteiger partial charge in [0, 0.05) is 0 Å². The van der Waals surface area contributed by atoms with Crippen molar-refractivity contribution in [3.05, 3.63) is 29.8 Å². The van der Waals surface area contributed by atoms with Crippen LogP contribution < -0.4 is 10.1 Å². The lowest BCUT2D eigenvalue weighted by Crippen LogP contribution is -2.17. The van der Waals surface area contributed by atoms with Crippen molar-refractivity contribution in [2.75, 3.05) is 19.7 Å². The van der Waals surface area contributed by atoms with Crippen molar-refractivity contribution in [3.63, 3.8) is 0 Å². The Morgan fingerprint density at radius 1 is 1.09 bits per heavy atom. The van der Waals surface area contributed by atoms with E-state index in [2.05, 4.69) is 12.2 Å². The van der Waals surface area contributed by atoms with Gasteiger partial charge in [-0.15, -0.1) is 0 Å². The van der Waals surface area contributed by atoms with E-state index in [0.717, 1.165) is 25.9 Å². The Kier molecular flexibility index (Phi) is 10.1. The molecule has 0 spiro atoms. The van der Waals surface area contributed by atoms with E-state index in [-0.39, 0.29) is 5.56 Å². The largest absolute Gasteiger partial charge is 0.494 e. The molecule has 124 valence electrons. The highest BCUT2D eigenvalue weighted by molar-refractivity contribution is 5.87. The number of unbranched alkanes of at least 4 members (excludes halogenated alkanes) is 5. The number of aromatic carboxylic acids is 1. The van der Waals surface area contributed by atoms with Crippen molar-refractivity contribution in [1.29, 1.82) is 0 Å². The number of benzene rings is 1. The lowest BCUT2D eigenvalue weighted by Gasteiger charge is -2.07. The van der Waals surface area contributed by atoms with Gasteiger partial charge in [-0.05, 0) is 50.6 Å². The van der Waals surface area contributed by atoms with Gasteiger partial charge in [-0.1, -0.05) is 38.7 Å². The minimum absolute atomic E-state index is 0.266. The van der Waals surface area contributed by atoms with Crippen LogP contribution in [0, 0.1) is 0 Å². The number of hydrogen-bond donors (Lipinski definition) is 2. The standard InChI is InChI=1S/C18H29NO3/c1-2-3-4-5-6-12-19-13-7-8-14-22-17-11-9-10-16(15-17)18(20)21/h9-11,15,19H,2-8,12-14H2,1H3,(H,20,21). The Labute approximate surface area is 133 Å². The molecule has 2 N–H and O–H groups in total. The molecular weight excluding hydrogens is 278 g/mol. The second kappa shape index (κ2) is 12.0. The van der Waals surface area contributed by atoms with Crippen molar-refractivity contribution in [1.82, 2.24) is 5.32 Å². The van der Waals surface area contributed by atoms with Crippen LogP contribution in [0.2, 0.25) is 0 Å². The van der Waals surface area contributed by atoms with Crippen molar-refractivity contribution < 1.29 is 14.6 Å². The molecule has 0 aromatic heterocycles. The van der Waals surface area contributed by atoms with Gasteiger partial charge >= 0.3 is 5.97 Å². The van der Waals surface area contributed by atoms with Gasteiger partial charge in [-0.2, -0.15) is 0 Å². The topological polar surface area (TPSA) is 58.6 Å². The van der Waals surface area contributed by atoms with Gasteiger partial charge in [0.1, 0.15) is 5.75 Å². The number of rotatable bonds is 13. The first-order chi connectivity index (χ1) is 10.7. The first-order valence-corrected chi connectivity index (χ1v) is 8.41. The Morgan fingerprint density at radius 3 is 2.55 bits per heavy atom. The van der Waals surface area contributed by atoms with Crippen molar-refractivity contribution in [3.8, 4) is 5.75 Å². The lowest BCUT2D eigenvalue weighted by molar-refractivity contribution is 0.0696. The van der Waals surface area contributed by atoms with Crippen LogP contribution in [-0.2, 0) is 0 Å². The summed E-state index contributed by atoms with van der Waals surface area (Å²) >= 11 is 0. The van der Waals surface area contributed by atoms with Crippen LogP contribution in [0.4, 0.5) is 0 Å². The first-order valence-electron chi connectivity index (χ1n) is 8.41. The Hall–Kier alpha value is -1.55. The molecule has 1 rings (SSSR count). The number of ether oxygens (including phenoxy) is 1. The number of carboxylic acids is 1. The van der Waals surface area contributed by atoms with Gasteiger partial charge < -0.3 is 15.2 Å². The molecule has 1 aromatic carbocycles. The Morgan fingerprint density at radius 2 is 1.82 bits per heavy atom. The molecule has 0 heterocycles. The van der Waals surface area contributed by atoms with E-state index in [1.54, 1.807) is 24.3 Å². The Bertz CT molecular complexity index is 421. The normalized spacial score (nSPS) is 10.6. The molecule has 0 amide bonds. The minimum Gasteiger partial charge on any atom is -0.494 e. The number of nitrogens with one attached hydrogen (secondary N) is 1. The monoisotopic (exact) mass is 307 g/mol. The number of hydrogen-bond acceptors (Lipinski definition) is 3. The van der Waals surface area contributed by atoms with Crippen LogP contribution in [0.5, 0.6) is 5.75 Å². The molecule has 0 fully saturated rings. The molecule has 0 bridgehead atoms. The van der Waals surface area contributed by atoms with Gasteiger partial charge in [0.05, 0.1) is 12.2 Å². The van der Waals surface area contributed by atoms with Crippen molar-refractivity contribution >= 4 is 5.97 Å². The van der Waals surface area contributed by atoms with E-state index in [4.69, 9.17) is 9.84 Å². The highest BCUT2D eigenvalue weighted by Crippen LogP contribution is 2.13. The van der Waals surface area contributed by atoms with Gasteiger partial charge in [0.2, 0.25) is 0 Å². The maximum atomic E-state index is 10.8. The summed E-state index contributed by atoms with van der Waals surface area (Å²) in [5.41, 5.74) is 0.266. The summed E-state index contributed by atoms with van der Waals surface area (Å²) in [6.07, 6.45) is 8.63. The summed E-state index contributed by atoms with van der Waals surface area (Å²) in [5, 5.41) is 12.4. The maximum absolute atomic E-state index is 10.8. The van der Waals surface area contributed by atoms with Crippen LogP contribution in [0.1, 0.15) is 62.2 Å². The Balaban J connectivity index is 1.97. The molecule has 0 saturated heterocycles. The summed E-state index contributed by atoms with van der Waals surface area (Å²) in [6.45, 7) is 4.98. The molecule has 0 unspecified atom stereocenters. The first kappa shape index (κ1) is 18.5. The molecule has 22 heavy (non-hydrogen) atoms. The second-order valence-corrected chi connectivity index (χ2v) is 5.55. The van der Waals surface area contributed by atoms with Crippen molar-refractivity contribution in [2.45, 2.75) is 51.9 Å². The number of carbonyl (C=O) groups is 1. The van der Waals surface area contributed by atoms with Gasteiger partial charge in [-0.25, -0.2) is 4.79 Å². The number of carboxylic acid groups (broad SMARTS) is 1. The lowest BCUT2D eigenvalue weighted by atomic mass is 10.1. The third kappa shape index (κ3) is 8.67.